The normalized spacial score (nSPS) is 23.7. The summed E-state index contributed by atoms with van der Waals surface area (Å²) in [6, 6.07) is 0. The molecule has 1 fully saturated rings. The van der Waals surface area contributed by atoms with Crippen molar-refractivity contribution in [2.24, 2.45) is 0 Å². The monoisotopic (exact) mass is 494 g/mol. The van der Waals surface area contributed by atoms with Crippen molar-refractivity contribution in [3.63, 3.8) is 0 Å². The van der Waals surface area contributed by atoms with Gasteiger partial charge in [0.1, 0.15) is 18.8 Å². The number of carbonyl (C=O) groups excluding carboxylic acids is 3. The first-order valence-electron chi connectivity index (χ1n) is 8.68. The lowest BCUT2D eigenvalue weighted by atomic mass is 10.1. The molecule has 11 nitrogen and oxygen atoms in total. The van der Waals surface area contributed by atoms with Gasteiger partial charge in [-0.15, -0.1) is 0 Å². The van der Waals surface area contributed by atoms with Crippen molar-refractivity contribution in [3.05, 3.63) is 32.9 Å². The van der Waals surface area contributed by atoms with E-state index < -0.39 is 70.4 Å². The van der Waals surface area contributed by atoms with E-state index >= 15 is 0 Å². The van der Waals surface area contributed by atoms with Gasteiger partial charge < -0.3 is 18.9 Å². The molecule has 0 bridgehead atoms. The van der Waals surface area contributed by atoms with E-state index in [0.717, 1.165) is 18.4 Å². The largest absolute Gasteiger partial charge is 0.460 e. The summed E-state index contributed by atoms with van der Waals surface area (Å²) in [5.74, 6) is -3.47. The van der Waals surface area contributed by atoms with Gasteiger partial charge in [-0.1, -0.05) is 15.9 Å². The van der Waals surface area contributed by atoms with Crippen LogP contribution in [0.25, 0.3) is 0 Å². The van der Waals surface area contributed by atoms with Crippen molar-refractivity contribution in [2.75, 3.05) is 6.61 Å². The maximum Gasteiger partial charge on any atom is 0.350 e. The highest BCUT2D eigenvalue weighted by Crippen LogP contribution is 2.36. The van der Waals surface area contributed by atoms with E-state index in [1.54, 1.807) is 4.98 Å². The topological polar surface area (TPSA) is 143 Å². The quantitative estimate of drug-likeness (QED) is 0.332. The summed E-state index contributed by atoms with van der Waals surface area (Å²) in [5.41, 5.74) is -3.73. The molecule has 13 heteroatoms. The average molecular weight is 495 g/mol. The third-order valence-electron chi connectivity index (χ3n) is 4.04. The number of nitrogens with zero attached hydrogens (tertiary/aromatic N) is 1. The molecule has 1 N–H and O–H groups in total. The molecule has 0 aliphatic carbocycles. The summed E-state index contributed by atoms with van der Waals surface area (Å²) >= 11 is 3.25. The van der Waals surface area contributed by atoms with Gasteiger partial charge in [0.25, 0.3) is 5.56 Å². The van der Waals surface area contributed by atoms with Crippen molar-refractivity contribution in [1.82, 2.24) is 9.55 Å². The van der Waals surface area contributed by atoms with Crippen LogP contribution >= 0.6 is 15.9 Å². The van der Waals surface area contributed by atoms with Crippen LogP contribution in [0.3, 0.4) is 0 Å². The molecule has 0 aromatic carbocycles. The molecule has 0 saturated carbocycles. The number of H-pyrrole nitrogens is 1. The van der Waals surface area contributed by atoms with Crippen LogP contribution in [0.5, 0.6) is 0 Å². The molecule has 1 aliphatic heterocycles. The standard InChI is InChI=1S/C17H20BrFN2O9/c1-7(22)28-12-10(6-27-15(25)17(3,4)30-8(2)23)29-14(11(12)18)21-5-9(19)13(24)20-16(21)26/h5,10-12,14H,6H2,1-4H3,(H,20,24,26)/t10?,11?,12-,14?/m1/s1. The molecule has 166 valence electrons. The molecular weight excluding hydrogens is 475 g/mol. The second kappa shape index (κ2) is 9.08. The van der Waals surface area contributed by atoms with E-state index in [0.29, 0.717) is 6.20 Å². The first kappa shape index (κ1) is 23.7. The van der Waals surface area contributed by atoms with Gasteiger partial charge in [0.05, 0.1) is 11.0 Å². The fourth-order valence-corrected chi connectivity index (χ4v) is 3.59. The zero-order valence-electron chi connectivity index (χ0n) is 16.5. The van der Waals surface area contributed by atoms with Crippen LogP contribution in [-0.4, -0.2) is 56.7 Å². The Morgan fingerprint density at radius 1 is 1.27 bits per heavy atom. The van der Waals surface area contributed by atoms with Crippen LogP contribution < -0.4 is 11.2 Å². The molecule has 0 radical (unpaired) electrons. The number of ether oxygens (including phenoxy) is 4. The predicted octanol–water partition coefficient (Wildman–Crippen LogP) is 0.153. The summed E-state index contributed by atoms with van der Waals surface area (Å²) in [4.78, 5) is 59.1. The Bertz CT molecular complexity index is 957. The molecule has 1 aromatic rings. The van der Waals surface area contributed by atoms with Gasteiger partial charge in [0.2, 0.25) is 11.4 Å². The van der Waals surface area contributed by atoms with E-state index in [1.165, 1.54) is 13.8 Å². The lowest BCUT2D eigenvalue weighted by Crippen LogP contribution is -2.41. The highest BCUT2D eigenvalue weighted by atomic mass is 79.9. The van der Waals surface area contributed by atoms with Gasteiger partial charge >= 0.3 is 23.6 Å². The van der Waals surface area contributed by atoms with E-state index in [9.17, 15) is 28.4 Å². The van der Waals surface area contributed by atoms with E-state index in [-0.39, 0.29) is 0 Å². The molecule has 4 atom stereocenters. The van der Waals surface area contributed by atoms with Crippen LogP contribution in [0.4, 0.5) is 4.39 Å². The van der Waals surface area contributed by atoms with Crippen molar-refractivity contribution in [3.8, 4) is 0 Å². The Morgan fingerprint density at radius 2 is 1.90 bits per heavy atom. The highest BCUT2D eigenvalue weighted by molar-refractivity contribution is 9.09. The third-order valence-corrected chi connectivity index (χ3v) is 5.01. The van der Waals surface area contributed by atoms with E-state index in [2.05, 4.69) is 15.9 Å². The maximum atomic E-state index is 13.7. The van der Waals surface area contributed by atoms with Crippen LogP contribution in [0, 0.1) is 5.82 Å². The van der Waals surface area contributed by atoms with Crippen molar-refractivity contribution < 1.29 is 37.7 Å². The molecule has 1 saturated heterocycles. The number of carbonyl (C=O) groups is 3. The maximum absolute atomic E-state index is 13.7. The molecule has 1 aliphatic rings. The number of halogens is 2. The number of nitrogens with one attached hydrogen (secondary N) is 1. The summed E-state index contributed by atoms with van der Waals surface area (Å²) in [7, 11) is 0. The number of rotatable bonds is 6. The third kappa shape index (κ3) is 5.33. The SMILES string of the molecule is CC(=O)O[C@@H]1C(COC(=O)C(C)(C)OC(C)=O)OC(n2cc(F)c(=O)[nH]c2=O)C1Br. The van der Waals surface area contributed by atoms with Crippen molar-refractivity contribution in [2.45, 2.75) is 56.6 Å². The lowest BCUT2D eigenvalue weighted by Gasteiger charge is -2.24. The van der Waals surface area contributed by atoms with E-state index in [4.69, 9.17) is 18.9 Å². The molecule has 30 heavy (non-hydrogen) atoms. The average Bonchev–Trinajstić information content (AvgIpc) is 2.90. The smallest absolute Gasteiger partial charge is 0.350 e. The molecule has 3 unspecified atom stereocenters. The summed E-state index contributed by atoms with van der Waals surface area (Å²) < 4.78 is 35.3. The molecule has 0 spiro atoms. The Balaban J connectivity index is 2.24. The number of hydrogen-bond acceptors (Lipinski definition) is 9. The predicted molar refractivity (Wildman–Crippen MR) is 100 cm³/mol. The summed E-state index contributed by atoms with van der Waals surface area (Å²) in [6.45, 7) is 4.50. The number of hydrogen-bond donors (Lipinski definition) is 1. The van der Waals surface area contributed by atoms with Gasteiger partial charge in [-0.3, -0.25) is 23.9 Å². The van der Waals surface area contributed by atoms with E-state index in [1.807, 2.05) is 0 Å². The fraction of sp³-hybridized carbons (Fsp3) is 0.588. The van der Waals surface area contributed by atoms with Gasteiger partial charge in [-0.25, -0.2) is 9.59 Å². The zero-order valence-corrected chi connectivity index (χ0v) is 18.1. The summed E-state index contributed by atoms with van der Waals surface area (Å²) in [5, 5.41) is 0. The van der Waals surface area contributed by atoms with Crippen LogP contribution in [0.15, 0.2) is 15.8 Å². The minimum Gasteiger partial charge on any atom is -0.460 e. The first-order valence-corrected chi connectivity index (χ1v) is 9.59. The van der Waals surface area contributed by atoms with Crippen molar-refractivity contribution >= 4 is 33.8 Å². The second-order valence-corrected chi connectivity index (χ2v) is 7.99. The minimum atomic E-state index is -1.58. The Kier molecular flexibility index (Phi) is 7.18. The highest BCUT2D eigenvalue weighted by Gasteiger charge is 2.48. The van der Waals surface area contributed by atoms with Gasteiger partial charge in [0.15, 0.2) is 6.23 Å². The van der Waals surface area contributed by atoms with Crippen LogP contribution in [0.2, 0.25) is 0 Å². The molecule has 2 rings (SSSR count). The zero-order chi connectivity index (χ0) is 22.8. The Hall–Kier alpha value is -2.54. The Morgan fingerprint density at radius 3 is 2.47 bits per heavy atom. The minimum absolute atomic E-state index is 0.430. The molecule has 0 amide bonds. The lowest BCUT2D eigenvalue weighted by molar-refractivity contribution is -0.181. The van der Waals surface area contributed by atoms with Crippen LogP contribution in [0.1, 0.15) is 33.9 Å². The number of aromatic amines is 1. The fourth-order valence-electron chi connectivity index (χ4n) is 2.77. The summed E-state index contributed by atoms with van der Waals surface area (Å²) in [6.07, 6.45) is -2.62. The molecule has 1 aromatic heterocycles. The second-order valence-electron chi connectivity index (χ2n) is 6.93. The van der Waals surface area contributed by atoms with Crippen molar-refractivity contribution in [1.29, 1.82) is 0 Å². The molecule has 2 heterocycles. The Labute approximate surface area is 177 Å². The number of alkyl halides is 1. The van der Waals surface area contributed by atoms with Gasteiger partial charge in [-0.05, 0) is 13.8 Å². The number of esters is 3. The van der Waals surface area contributed by atoms with Crippen LogP contribution in [-0.2, 0) is 33.3 Å². The first-order chi connectivity index (χ1) is 13.8. The number of aromatic nitrogens is 2. The van der Waals surface area contributed by atoms with Gasteiger partial charge in [0, 0.05) is 13.8 Å². The molecular formula is C17H20BrFN2O9. The van der Waals surface area contributed by atoms with Gasteiger partial charge in [-0.2, -0.15) is 4.39 Å².